The summed E-state index contributed by atoms with van der Waals surface area (Å²) in [6.45, 7) is 4.38. The summed E-state index contributed by atoms with van der Waals surface area (Å²) in [4.78, 5) is 12.9. The molecule has 0 saturated heterocycles. The number of methoxy groups -OCH3 is 1. The molecule has 0 spiro atoms. The minimum Gasteiger partial charge on any atom is -0.497 e. The van der Waals surface area contributed by atoms with Gasteiger partial charge in [-0.1, -0.05) is 29.8 Å². The number of sulfonamides is 1. The summed E-state index contributed by atoms with van der Waals surface area (Å²) in [6, 6.07) is 21.1. The fraction of sp³-hybridized carbons (Fsp3) is 0.296. The van der Waals surface area contributed by atoms with Crippen molar-refractivity contribution in [2.24, 2.45) is 0 Å². The molecule has 0 atom stereocenters. The summed E-state index contributed by atoms with van der Waals surface area (Å²) in [6.07, 6.45) is 1.48. The molecule has 0 saturated carbocycles. The van der Waals surface area contributed by atoms with Crippen LogP contribution in [0.1, 0.15) is 24.5 Å². The zero-order valence-electron chi connectivity index (χ0n) is 20.4. The minimum absolute atomic E-state index is 0.0901. The molecular weight excluding hydrogens is 464 g/mol. The van der Waals surface area contributed by atoms with Gasteiger partial charge in [0.15, 0.2) is 0 Å². The number of carbonyl (C=O) groups is 1. The molecule has 0 fully saturated rings. The first-order valence-corrected chi connectivity index (χ1v) is 13.0. The molecule has 0 radical (unpaired) electrons. The van der Waals surface area contributed by atoms with E-state index in [-0.39, 0.29) is 17.3 Å². The molecule has 0 heterocycles. The van der Waals surface area contributed by atoms with Gasteiger partial charge < -0.3 is 14.8 Å². The van der Waals surface area contributed by atoms with Gasteiger partial charge in [0.1, 0.15) is 18.0 Å². The van der Waals surface area contributed by atoms with Crippen molar-refractivity contribution in [2.45, 2.75) is 31.6 Å². The van der Waals surface area contributed by atoms with Gasteiger partial charge in [0.2, 0.25) is 5.91 Å². The van der Waals surface area contributed by atoms with E-state index >= 15 is 0 Å². The highest BCUT2D eigenvalue weighted by atomic mass is 32.2. The van der Waals surface area contributed by atoms with Gasteiger partial charge >= 0.3 is 0 Å². The third-order valence-electron chi connectivity index (χ3n) is 5.43. The average Bonchev–Trinajstić information content (AvgIpc) is 2.86. The molecule has 3 aromatic rings. The Hall–Kier alpha value is -3.52. The molecule has 0 aliphatic heterocycles. The van der Waals surface area contributed by atoms with Crippen LogP contribution >= 0.6 is 0 Å². The number of hydrogen-bond donors (Lipinski definition) is 1. The maximum atomic E-state index is 13.5. The molecule has 3 aromatic carbocycles. The van der Waals surface area contributed by atoms with Crippen molar-refractivity contribution < 1.29 is 22.7 Å². The lowest BCUT2D eigenvalue weighted by Gasteiger charge is -2.24. The summed E-state index contributed by atoms with van der Waals surface area (Å²) < 4.78 is 38.8. The van der Waals surface area contributed by atoms with E-state index < -0.39 is 10.0 Å². The van der Waals surface area contributed by atoms with Gasteiger partial charge in [-0.25, -0.2) is 8.42 Å². The lowest BCUT2D eigenvalue weighted by molar-refractivity contribution is -0.119. The molecule has 0 unspecified atom stereocenters. The molecule has 1 amide bonds. The largest absolute Gasteiger partial charge is 0.497 e. The molecule has 3 rings (SSSR count). The van der Waals surface area contributed by atoms with Crippen LogP contribution in [0.3, 0.4) is 0 Å². The van der Waals surface area contributed by atoms with E-state index in [1.54, 1.807) is 31.4 Å². The summed E-state index contributed by atoms with van der Waals surface area (Å²) in [5, 5.41) is 2.85. The first-order chi connectivity index (χ1) is 16.8. The average molecular weight is 497 g/mol. The molecule has 35 heavy (non-hydrogen) atoms. The molecule has 0 aliphatic rings. The fourth-order valence-electron chi connectivity index (χ4n) is 3.56. The Morgan fingerprint density at radius 3 is 2.34 bits per heavy atom. The fourth-order valence-corrected chi connectivity index (χ4v) is 4.98. The van der Waals surface area contributed by atoms with Gasteiger partial charge in [0.05, 0.1) is 24.3 Å². The number of ether oxygens (including phenoxy) is 2. The third kappa shape index (κ3) is 7.23. The summed E-state index contributed by atoms with van der Waals surface area (Å²) in [7, 11) is -2.35. The van der Waals surface area contributed by atoms with E-state index in [1.165, 1.54) is 12.1 Å². The van der Waals surface area contributed by atoms with Crippen LogP contribution in [0, 0.1) is 6.92 Å². The Morgan fingerprint density at radius 1 is 0.971 bits per heavy atom. The van der Waals surface area contributed by atoms with Crippen molar-refractivity contribution in [1.29, 1.82) is 0 Å². The molecular formula is C27H32N2O5S. The number of amides is 1. The van der Waals surface area contributed by atoms with E-state index in [0.29, 0.717) is 24.6 Å². The molecule has 8 heteroatoms. The monoisotopic (exact) mass is 496 g/mol. The Bertz CT molecular complexity index is 1210. The zero-order chi connectivity index (χ0) is 25.3. The van der Waals surface area contributed by atoms with Crippen LogP contribution in [-0.4, -0.2) is 41.1 Å². The van der Waals surface area contributed by atoms with Crippen molar-refractivity contribution in [3.05, 3.63) is 83.9 Å². The van der Waals surface area contributed by atoms with Gasteiger partial charge in [-0.3, -0.25) is 9.10 Å². The number of aryl methyl sites for hydroxylation is 2. The highest BCUT2D eigenvalue weighted by molar-refractivity contribution is 7.92. The maximum Gasteiger partial charge on any atom is 0.264 e. The van der Waals surface area contributed by atoms with Crippen LogP contribution in [-0.2, 0) is 21.2 Å². The maximum absolute atomic E-state index is 13.5. The van der Waals surface area contributed by atoms with Gasteiger partial charge in [-0.05, 0) is 80.8 Å². The topological polar surface area (TPSA) is 84.9 Å². The van der Waals surface area contributed by atoms with Gasteiger partial charge in [0.25, 0.3) is 10.0 Å². The zero-order valence-corrected chi connectivity index (χ0v) is 21.2. The van der Waals surface area contributed by atoms with Crippen molar-refractivity contribution in [3.8, 4) is 11.5 Å². The molecule has 0 bridgehead atoms. The second kappa shape index (κ2) is 12.3. The summed E-state index contributed by atoms with van der Waals surface area (Å²) >= 11 is 0. The Labute approximate surface area is 207 Å². The first kappa shape index (κ1) is 26.1. The Balaban J connectivity index is 1.69. The van der Waals surface area contributed by atoms with E-state index in [1.807, 2.05) is 50.2 Å². The molecule has 0 aliphatic carbocycles. The highest BCUT2D eigenvalue weighted by Crippen LogP contribution is 2.25. The molecule has 7 nitrogen and oxygen atoms in total. The quantitative estimate of drug-likeness (QED) is 0.377. The summed E-state index contributed by atoms with van der Waals surface area (Å²) in [5.74, 6) is 1.01. The molecule has 186 valence electrons. The van der Waals surface area contributed by atoms with Crippen LogP contribution in [0.5, 0.6) is 11.5 Å². The van der Waals surface area contributed by atoms with Crippen molar-refractivity contribution in [3.63, 3.8) is 0 Å². The van der Waals surface area contributed by atoms with Gasteiger partial charge in [0, 0.05) is 6.54 Å². The lowest BCUT2D eigenvalue weighted by Crippen LogP contribution is -2.41. The smallest absolute Gasteiger partial charge is 0.264 e. The highest BCUT2D eigenvalue weighted by Gasteiger charge is 2.27. The van der Waals surface area contributed by atoms with Crippen LogP contribution < -0.4 is 19.1 Å². The van der Waals surface area contributed by atoms with Gasteiger partial charge in [-0.15, -0.1) is 0 Å². The van der Waals surface area contributed by atoms with E-state index in [9.17, 15) is 13.2 Å². The lowest BCUT2D eigenvalue weighted by atomic mass is 10.1. The standard InChI is InChI=1S/C27H32N2O5S/c1-4-34-24-14-16-26(17-15-24)35(31,32)29(23-12-10-21(2)11-13-23)20-27(30)28-18-6-8-22-7-5-9-25(19-22)33-3/h5,7,9-17,19H,4,6,8,18,20H2,1-3H3,(H,28,30). The normalized spacial score (nSPS) is 11.1. The van der Waals surface area contributed by atoms with Crippen molar-refractivity contribution in [1.82, 2.24) is 5.32 Å². The summed E-state index contributed by atoms with van der Waals surface area (Å²) in [5.41, 5.74) is 2.53. The molecule has 0 aromatic heterocycles. The predicted molar refractivity (Wildman–Crippen MR) is 138 cm³/mol. The van der Waals surface area contributed by atoms with Crippen molar-refractivity contribution in [2.75, 3.05) is 31.1 Å². The Morgan fingerprint density at radius 2 is 1.69 bits per heavy atom. The SMILES string of the molecule is CCOc1ccc(S(=O)(=O)N(CC(=O)NCCCc2cccc(OC)c2)c2ccc(C)cc2)cc1. The number of benzene rings is 3. The number of carbonyl (C=O) groups excluding carboxylic acids is 1. The van der Waals surface area contributed by atoms with E-state index in [2.05, 4.69) is 5.32 Å². The van der Waals surface area contributed by atoms with Crippen molar-refractivity contribution >= 4 is 21.6 Å². The third-order valence-corrected chi connectivity index (χ3v) is 7.22. The Kier molecular flexibility index (Phi) is 9.14. The number of nitrogens with zero attached hydrogens (tertiary/aromatic N) is 1. The van der Waals surface area contributed by atoms with Crippen LogP contribution in [0.4, 0.5) is 5.69 Å². The first-order valence-electron chi connectivity index (χ1n) is 11.6. The second-order valence-corrected chi connectivity index (χ2v) is 9.92. The number of rotatable bonds is 12. The van der Waals surface area contributed by atoms with E-state index in [4.69, 9.17) is 9.47 Å². The van der Waals surface area contributed by atoms with Crippen LogP contribution in [0.25, 0.3) is 0 Å². The van der Waals surface area contributed by atoms with Crippen LogP contribution in [0.15, 0.2) is 77.7 Å². The number of anilines is 1. The van der Waals surface area contributed by atoms with Gasteiger partial charge in [-0.2, -0.15) is 0 Å². The second-order valence-electron chi connectivity index (χ2n) is 8.06. The number of nitrogens with one attached hydrogen (secondary N) is 1. The van der Waals surface area contributed by atoms with E-state index in [0.717, 1.165) is 34.0 Å². The minimum atomic E-state index is -3.97. The predicted octanol–water partition coefficient (Wildman–Crippen LogP) is 4.35. The molecule has 1 N–H and O–H groups in total. The number of hydrogen-bond acceptors (Lipinski definition) is 5. The van der Waals surface area contributed by atoms with Crippen LogP contribution in [0.2, 0.25) is 0 Å².